The van der Waals surface area contributed by atoms with Gasteiger partial charge in [-0.2, -0.15) is 0 Å². The minimum absolute atomic E-state index is 0.00937. The first-order chi connectivity index (χ1) is 17.9. The minimum Gasteiger partial charge on any atom is -0.461 e. The van der Waals surface area contributed by atoms with E-state index in [0.29, 0.717) is 37.2 Å². The maximum atomic E-state index is 13.5. The van der Waals surface area contributed by atoms with Gasteiger partial charge in [-0.25, -0.2) is 5.06 Å². The number of carbonyl (C=O) groups is 3. The number of Topliss-reactive ketones (excluding diaryl/α,β-unsaturated/α-hetero) is 1. The summed E-state index contributed by atoms with van der Waals surface area (Å²) in [6, 6.07) is -0.694. The van der Waals surface area contributed by atoms with Crippen LogP contribution < -0.4 is 0 Å². The summed E-state index contributed by atoms with van der Waals surface area (Å²) in [7, 11) is 0. The maximum absolute atomic E-state index is 13.5. The summed E-state index contributed by atoms with van der Waals surface area (Å²) in [6.45, 7) is 12.4. The van der Waals surface area contributed by atoms with Gasteiger partial charge in [0.25, 0.3) is 0 Å². The highest BCUT2D eigenvalue weighted by molar-refractivity contribution is 8.00. The number of ether oxygens (including phenoxy) is 1. The molecule has 1 amide bonds. The molecule has 3 N–H and O–H groups in total. The molecule has 8 nitrogen and oxygen atoms in total. The number of aliphatic hydroxyl groups is 2. The van der Waals surface area contributed by atoms with Crippen molar-refractivity contribution in [3.8, 4) is 0 Å². The van der Waals surface area contributed by atoms with Gasteiger partial charge in [0.2, 0.25) is 6.41 Å². The van der Waals surface area contributed by atoms with Crippen molar-refractivity contribution in [1.29, 1.82) is 0 Å². The molecule has 11 atom stereocenters. The molecule has 9 heteroatoms. The number of esters is 1. The van der Waals surface area contributed by atoms with Crippen LogP contribution in [0.3, 0.4) is 0 Å². The zero-order chi connectivity index (χ0) is 28.0. The molecule has 0 aromatic heterocycles. The quantitative estimate of drug-likeness (QED) is 0.144. The topological polar surface area (TPSA) is 124 Å². The molecule has 0 radical (unpaired) electrons. The Bertz CT molecular complexity index is 946. The van der Waals surface area contributed by atoms with Crippen molar-refractivity contribution in [3.05, 3.63) is 12.7 Å². The van der Waals surface area contributed by atoms with Gasteiger partial charge < -0.3 is 14.9 Å². The Balaban J connectivity index is 1.59. The number of nitrogens with zero attached hydrogens (tertiary/aromatic N) is 1. The summed E-state index contributed by atoms with van der Waals surface area (Å²) in [5.74, 6) is -0.396. The number of carbonyl (C=O) groups excluding carboxylic acids is 3. The number of rotatable bonds is 7. The molecule has 0 heterocycles. The van der Waals surface area contributed by atoms with Crippen LogP contribution in [0.25, 0.3) is 0 Å². The summed E-state index contributed by atoms with van der Waals surface area (Å²) in [4.78, 5) is 37.8. The average Bonchev–Trinajstić information content (AvgIpc) is 3.26. The molecule has 214 valence electrons. The van der Waals surface area contributed by atoms with Crippen LogP contribution in [0.15, 0.2) is 12.7 Å². The van der Waals surface area contributed by atoms with Gasteiger partial charge >= 0.3 is 5.97 Å². The normalized spacial score (nSPS) is 46.9. The average molecular weight is 552 g/mol. The SMILES string of the molecule is C=C[C@]1(C)C[C@@H](OC(=O)CS[C@@H]2CCC[C@H](N(O)C=O)[C@H]2O)[C@]2(C)[C@H](C)CC[C@]3(CCC(=O)[C@H]32)[C@@H](C)[C@@H]1O. The molecular weight excluding hydrogens is 506 g/mol. The van der Waals surface area contributed by atoms with Gasteiger partial charge in [-0.3, -0.25) is 19.6 Å². The lowest BCUT2D eigenvalue weighted by Crippen LogP contribution is -2.63. The van der Waals surface area contributed by atoms with Crippen molar-refractivity contribution >= 4 is 29.9 Å². The van der Waals surface area contributed by atoms with Gasteiger partial charge in [-0.1, -0.05) is 33.8 Å². The number of thioether (sulfide) groups is 1. The molecule has 4 rings (SSSR count). The second-order valence-electron chi connectivity index (χ2n) is 12.9. The first kappa shape index (κ1) is 29.6. The molecule has 0 aliphatic heterocycles. The highest BCUT2D eigenvalue weighted by Gasteiger charge is 2.68. The van der Waals surface area contributed by atoms with Crippen LogP contribution in [-0.4, -0.2) is 74.0 Å². The fourth-order valence-corrected chi connectivity index (χ4v) is 9.67. The molecule has 4 fully saturated rings. The Morgan fingerprint density at radius 1 is 1.21 bits per heavy atom. The third-order valence-electron chi connectivity index (χ3n) is 11.2. The first-order valence-electron chi connectivity index (χ1n) is 14.1. The van der Waals surface area contributed by atoms with E-state index in [4.69, 9.17) is 4.74 Å². The van der Waals surface area contributed by atoms with E-state index in [1.54, 1.807) is 6.08 Å². The Morgan fingerprint density at radius 3 is 2.58 bits per heavy atom. The Hall–Kier alpha value is -1.42. The second kappa shape index (κ2) is 10.9. The Labute approximate surface area is 230 Å². The van der Waals surface area contributed by atoms with Crippen LogP contribution in [0.4, 0.5) is 0 Å². The second-order valence-corrected chi connectivity index (χ2v) is 14.1. The smallest absolute Gasteiger partial charge is 0.316 e. The number of hydrogen-bond acceptors (Lipinski definition) is 8. The lowest BCUT2D eigenvalue weighted by Gasteiger charge is -2.61. The van der Waals surface area contributed by atoms with Crippen LogP contribution in [0.5, 0.6) is 0 Å². The van der Waals surface area contributed by atoms with Gasteiger partial charge in [-0.05, 0) is 62.2 Å². The lowest BCUT2D eigenvalue weighted by atomic mass is 9.44. The summed E-state index contributed by atoms with van der Waals surface area (Å²) in [5, 5.41) is 32.3. The molecule has 0 spiro atoms. The highest BCUT2D eigenvalue weighted by Crippen LogP contribution is 2.68. The lowest BCUT2D eigenvalue weighted by molar-refractivity contribution is -0.205. The predicted octanol–water partition coefficient (Wildman–Crippen LogP) is 3.76. The third-order valence-corrected chi connectivity index (χ3v) is 12.5. The van der Waals surface area contributed by atoms with Crippen LogP contribution in [0.2, 0.25) is 0 Å². The zero-order valence-corrected chi connectivity index (χ0v) is 24.0. The van der Waals surface area contributed by atoms with Gasteiger partial charge in [0.05, 0.1) is 24.0 Å². The Morgan fingerprint density at radius 2 is 1.92 bits per heavy atom. The maximum Gasteiger partial charge on any atom is 0.316 e. The van der Waals surface area contributed by atoms with E-state index < -0.39 is 41.2 Å². The standard InChI is InChI=1S/C29H45NO7S/c1-6-27(4)14-22(37-23(33)15-38-21-9-7-8-19(24(21)34)30(36)16-31)28(5)17(2)10-12-29(18(3)26(27)35)13-11-20(32)25(28)29/h6,16-19,21-22,24-26,34-36H,1,7-15H2,2-5H3/t17-,18+,19+,21-,22-,24-,25+,26+,27-,28+,29+/m1/s1. The molecule has 4 aliphatic rings. The van der Waals surface area contributed by atoms with Crippen molar-refractivity contribution in [2.75, 3.05) is 5.75 Å². The molecule has 2 bridgehead atoms. The van der Waals surface area contributed by atoms with Crippen LogP contribution in [-0.2, 0) is 19.1 Å². The number of hydrogen-bond donors (Lipinski definition) is 3. The molecular formula is C29H45NO7S. The monoisotopic (exact) mass is 551 g/mol. The van der Waals surface area contributed by atoms with Crippen molar-refractivity contribution in [1.82, 2.24) is 5.06 Å². The fraction of sp³-hybridized carbons (Fsp3) is 0.828. The number of amides is 1. The van der Waals surface area contributed by atoms with Gasteiger partial charge in [0.1, 0.15) is 11.9 Å². The number of hydroxylamine groups is 2. The van der Waals surface area contributed by atoms with E-state index in [1.807, 2.05) is 6.92 Å². The van der Waals surface area contributed by atoms with Crippen molar-refractivity contribution in [3.63, 3.8) is 0 Å². The molecule has 0 aromatic carbocycles. The van der Waals surface area contributed by atoms with Gasteiger partial charge in [-0.15, -0.1) is 18.3 Å². The fourth-order valence-electron chi connectivity index (χ4n) is 8.54. The summed E-state index contributed by atoms with van der Waals surface area (Å²) in [5.41, 5.74) is -1.58. The molecule has 38 heavy (non-hydrogen) atoms. The summed E-state index contributed by atoms with van der Waals surface area (Å²) >= 11 is 1.28. The van der Waals surface area contributed by atoms with Crippen molar-refractivity contribution in [2.45, 2.75) is 109 Å². The van der Waals surface area contributed by atoms with Gasteiger partial charge in [0.15, 0.2) is 0 Å². The zero-order valence-electron chi connectivity index (χ0n) is 23.2. The van der Waals surface area contributed by atoms with E-state index >= 15 is 0 Å². The van der Waals surface area contributed by atoms with E-state index in [-0.39, 0.29) is 40.0 Å². The largest absolute Gasteiger partial charge is 0.461 e. The van der Waals surface area contributed by atoms with Crippen molar-refractivity contribution < 1.29 is 34.5 Å². The van der Waals surface area contributed by atoms with Gasteiger partial charge in [0, 0.05) is 28.4 Å². The Kier molecular flexibility index (Phi) is 8.45. The third kappa shape index (κ3) is 4.65. The van der Waals surface area contributed by atoms with E-state index in [0.717, 1.165) is 25.7 Å². The number of ketones is 1. The minimum atomic E-state index is -0.952. The predicted molar refractivity (Wildman–Crippen MR) is 144 cm³/mol. The van der Waals surface area contributed by atoms with Crippen LogP contribution >= 0.6 is 11.8 Å². The first-order valence-corrected chi connectivity index (χ1v) is 15.2. The summed E-state index contributed by atoms with van der Waals surface area (Å²) < 4.78 is 6.27. The summed E-state index contributed by atoms with van der Waals surface area (Å²) in [6.07, 6.45) is 5.14. The number of aliphatic hydroxyl groups excluding tert-OH is 2. The van der Waals surface area contributed by atoms with Crippen molar-refractivity contribution in [2.24, 2.45) is 34.0 Å². The molecule has 4 saturated carbocycles. The molecule has 4 aliphatic carbocycles. The van der Waals surface area contributed by atoms with E-state index in [9.17, 15) is 29.8 Å². The van der Waals surface area contributed by atoms with E-state index in [1.165, 1.54) is 11.8 Å². The molecule has 0 aromatic rings. The van der Waals surface area contributed by atoms with Crippen LogP contribution in [0, 0.1) is 34.0 Å². The molecule has 0 unspecified atom stereocenters. The highest BCUT2D eigenvalue weighted by atomic mass is 32.2. The van der Waals surface area contributed by atoms with E-state index in [2.05, 4.69) is 27.4 Å². The molecule has 0 saturated heterocycles. The van der Waals surface area contributed by atoms with Crippen LogP contribution in [0.1, 0.15) is 79.1 Å².